The molecule has 0 saturated heterocycles. The number of hydrogen-bond acceptors (Lipinski definition) is 5. The fraction of sp³-hybridized carbons (Fsp3) is 0.304. The van der Waals surface area contributed by atoms with Crippen LogP contribution >= 0.6 is 27.7 Å². The molecular weight excluding hydrogens is 490 g/mol. The largest absolute Gasteiger partial charge is 0.342 e. The van der Waals surface area contributed by atoms with Crippen molar-refractivity contribution < 1.29 is 9.59 Å². The number of carbonyl (C=O) groups is 2. The van der Waals surface area contributed by atoms with E-state index >= 15 is 0 Å². The van der Waals surface area contributed by atoms with Gasteiger partial charge in [0, 0.05) is 22.3 Å². The molecule has 1 atom stereocenters. The normalized spacial score (nSPS) is 11.8. The van der Waals surface area contributed by atoms with Crippen LogP contribution in [0.1, 0.15) is 47.2 Å². The van der Waals surface area contributed by atoms with Crippen molar-refractivity contribution in [2.75, 3.05) is 11.1 Å². The molecule has 1 aromatic heterocycles. The summed E-state index contributed by atoms with van der Waals surface area (Å²) >= 11 is 4.77. The highest BCUT2D eigenvalue weighted by Crippen LogP contribution is 2.23. The van der Waals surface area contributed by atoms with E-state index in [4.69, 9.17) is 0 Å². The molecule has 0 aliphatic heterocycles. The molecule has 0 radical (unpaired) electrons. The molecule has 2 amide bonds. The number of aryl methyl sites for hydroxylation is 2. The summed E-state index contributed by atoms with van der Waals surface area (Å²) in [7, 11) is 0. The zero-order valence-corrected chi connectivity index (χ0v) is 20.9. The Morgan fingerprint density at radius 1 is 1.16 bits per heavy atom. The zero-order valence-electron chi connectivity index (χ0n) is 18.5. The summed E-state index contributed by atoms with van der Waals surface area (Å²) in [5.74, 6) is 0.576. The van der Waals surface area contributed by atoms with Gasteiger partial charge in [-0.25, -0.2) is 0 Å². The van der Waals surface area contributed by atoms with Gasteiger partial charge in [-0.15, -0.1) is 10.2 Å². The number of rotatable bonds is 8. The number of carbonyl (C=O) groups excluding carboxylic acids is 2. The fourth-order valence-corrected chi connectivity index (χ4v) is 4.26. The molecule has 0 spiro atoms. The van der Waals surface area contributed by atoms with E-state index < -0.39 is 0 Å². The predicted octanol–water partition coefficient (Wildman–Crippen LogP) is 4.90. The number of nitrogens with one attached hydrogen (secondary N) is 2. The van der Waals surface area contributed by atoms with Gasteiger partial charge in [0.1, 0.15) is 0 Å². The number of aromatic nitrogens is 3. The Morgan fingerprint density at radius 3 is 2.62 bits per heavy atom. The number of halogens is 1. The average molecular weight is 516 g/mol. The minimum absolute atomic E-state index is 0.121. The van der Waals surface area contributed by atoms with Crippen molar-refractivity contribution in [3.8, 4) is 0 Å². The van der Waals surface area contributed by atoms with Gasteiger partial charge in [0.2, 0.25) is 5.91 Å². The standard InChI is InChI=1S/C23H26BrN5O2S/c1-5-29-21(16(4)25-22(31)17-8-6-7-14(2)11-17)27-28-23(29)32-13-20(30)26-18-9-10-19(24)15(3)12-18/h6-12,16H,5,13H2,1-4H3,(H,25,31)(H,26,30)/t16-/m1/s1. The van der Waals surface area contributed by atoms with Gasteiger partial charge in [-0.05, 0) is 63.6 Å². The van der Waals surface area contributed by atoms with E-state index in [2.05, 4.69) is 36.8 Å². The van der Waals surface area contributed by atoms with E-state index in [0.717, 1.165) is 21.3 Å². The van der Waals surface area contributed by atoms with Crippen LogP contribution in [0.3, 0.4) is 0 Å². The second kappa shape index (κ2) is 10.8. The molecule has 0 fully saturated rings. The lowest BCUT2D eigenvalue weighted by molar-refractivity contribution is -0.113. The molecule has 3 aromatic rings. The molecule has 0 bridgehead atoms. The van der Waals surface area contributed by atoms with Gasteiger partial charge in [-0.1, -0.05) is 45.4 Å². The van der Waals surface area contributed by atoms with Crippen molar-refractivity contribution >= 4 is 45.2 Å². The molecule has 3 rings (SSSR count). The third kappa shape index (κ3) is 5.98. The Balaban J connectivity index is 1.62. The molecule has 0 aliphatic carbocycles. The maximum atomic E-state index is 12.6. The molecule has 0 aliphatic rings. The van der Waals surface area contributed by atoms with E-state index in [9.17, 15) is 9.59 Å². The first-order chi connectivity index (χ1) is 15.3. The Kier molecular flexibility index (Phi) is 8.09. The van der Waals surface area contributed by atoms with Crippen molar-refractivity contribution in [2.45, 2.75) is 45.4 Å². The van der Waals surface area contributed by atoms with Crippen LogP contribution in [0.5, 0.6) is 0 Å². The minimum Gasteiger partial charge on any atom is -0.342 e. The number of nitrogens with zero attached hydrogens (tertiary/aromatic N) is 3. The van der Waals surface area contributed by atoms with Gasteiger partial charge in [0.15, 0.2) is 11.0 Å². The maximum Gasteiger partial charge on any atom is 0.251 e. The molecule has 32 heavy (non-hydrogen) atoms. The lowest BCUT2D eigenvalue weighted by atomic mass is 10.1. The summed E-state index contributed by atoms with van der Waals surface area (Å²) in [5, 5.41) is 15.0. The van der Waals surface area contributed by atoms with E-state index in [0.29, 0.717) is 23.1 Å². The van der Waals surface area contributed by atoms with Crippen LogP contribution in [0.4, 0.5) is 5.69 Å². The van der Waals surface area contributed by atoms with Crippen molar-refractivity contribution in [2.24, 2.45) is 0 Å². The smallest absolute Gasteiger partial charge is 0.251 e. The third-order valence-corrected chi connectivity index (χ3v) is 6.71. The zero-order chi connectivity index (χ0) is 23.3. The topological polar surface area (TPSA) is 88.9 Å². The van der Waals surface area contributed by atoms with Gasteiger partial charge in [-0.2, -0.15) is 0 Å². The van der Waals surface area contributed by atoms with Gasteiger partial charge >= 0.3 is 0 Å². The SMILES string of the molecule is CCn1c(SCC(=O)Nc2ccc(Br)c(C)c2)nnc1[C@@H](C)NC(=O)c1cccc(C)c1. The first-order valence-electron chi connectivity index (χ1n) is 10.3. The van der Waals surface area contributed by atoms with Crippen LogP contribution in [0.15, 0.2) is 52.1 Å². The molecular formula is C23H26BrN5O2S. The Hall–Kier alpha value is -2.65. The van der Waals surface area contributed by atoms with Gasteiger partial charge in [0.05, 0.1) is 11.8 Å². The molecule has 0 unspecified atom stereocenters. The van der Waals surface area contributed by atoms with Crippen LogP contribution in [0, 0.1) is 13.8 Å². The molecule has 7 nitrogen and oxygen atoms in total. The highest BCUT2D eigenvalue weighted by atomic mass is 79.9. The van der Waals surface area contributed by atoms with Gasteiger partial charge < -0.3 is 15.2 Å². The van der Waals surface area contributed by atoms with E-state index in [-0.39, 0.29) is 23.6 Å². The second-order valence-corrected chi connectivity index (χ2v) is 9.25. The van der Waals surface area contributed by atoms with E-state index in [1.54, 1.807) is 6.07 Å². The Labute approximate surface area is 200 Å². The molecule has 9 heteroatoms. The molecule has 1 heterocycles. The number of amides is 2. The summed E-state index contributed by atoms with van der Waals surface area (Å²) in [5.41, 5.74) is 3.43. The first-order valence-corrected chi connectivity index (χ1v) is 12.1. The van der Waals surface area contributed by atoms with Crippen molar-refractivity contribution in [1.82, 2.24) is 20.1 Å². The maximum absolute atomic E-state index is 12.6. The third-order valence-electron chi connectivity index (χ3n) is 4.85. The summed E-state index contributed by atoms with van der Waals surface area (Å²) in [6, 6.07) is 12.8. The lowest BCUT2D eigenvalue weighted by Crippen LogP contribution is -2.28. The fourth-order valence-electron chi connectivity index (χ4n) is 3.20. The number of thioether (sulfide) groups is 1. The summed E-state index contributed by atoms with van der Waals surface area (Å²) in [6.45, 7) is 8.41. The lowest BCUT2D eigenvalue weighted by Gasteiger charge is -2.15. The summed E-state index contributed by atoms with van der Waals surface area (Å²) in [6.07, 6.45) is 0. The minimum atomic E-state index is -0.329. The summed E-state index contributed by atoms with van der Waals surface area (Å²) in [4.78, 5) is 25.0. The molecule has 2 aromatic carbocycles. The highest BCUT2D eigenvalue weighted by Gasteiger charge is 2.20. The van der Waals surface area contributed by atoms with Crippen molar-refractivity contribution in [3.63, 3.8) is 0 Å². The van der Waals surface area contributed by atoms with Crippen LogP contribution in [0.2, 0.25) is 0 Å². The molecule has 168 valence electrons. The number of benzene rings is 2. The molecule has 0 saturated carbocycles. The Bertz CT molecular complexity index is 1130. The number of hydrogen-bond donors (Lipinski definition) is 2. The predicted molar refractivity (Wildman–Crippen MR) is 131 cm³/mol. The average Bonchev–Trinajstić information content (AvgIpc) is 3.18. The van der Waals surface area contributed by atoms with Crippen LogP contribution < -0.4 is 10.6 Å². The van der Waals surface area contributed by atoms with Gasteiger partial charge in [-0.3, -0.25) is 9.59 Å². The van der Waals surface area contributed by atoms with Crippen LogP contribution in [0.25, 0.3) is 0 Å². The second-order valence-electron chi connectivity index (χ2n) is 7.45. The summed E-state index contributed by atoms with van der Waals surface area (Å²) < 4.78 is 2.92. The van der Waals surface area contributed by atoms with Gasteiger partial charge in [0.25, 0.3) is 5.91 Å². The van der Waals surface area contributed by atoms with E-state index in [1.165, 1.54) is 11.8 Å². The van der Waals surface area contributed by atoms with E-state index in [1.807, 2.05) is 68.7 Å². The highest BCUT2D eigenvalue weighted by molar-refractivity contribution is 9.10. The van der Waals surface area contributed by atoms with Crippen molar-refractivity contribution in [3.05, 3.63) is 69.5 Å². The Morgan fingerprint density at radius 2 is 1.94 bits per heavy atom. The van der Waals surface area contributed by atoms with Crippen LogP contribution in [-0.4, -0.2) is 32.3 Å². The van der Waals surface area contributed by atoms with Crippen molar-refractivity contribution in [1.29, 1.82) is 0 Å². The first kappa shape index (κ1) is 24.0. The quantitative estimate of drug-likeness (QED) is 0.416. The van der Waals surface area contributed by atoms with Crippen LogP contribution in [-0.2, 0) is 11.3 Å². The molecule has 2 N–H and O–H groups in total. The monoisotopic (exact) mass is 515 g/mol. The number of anilines is 1.